The number of hydrazine groups is 1. The van der Waals surface area contributed by atoms with Crippen LogP contribution in [-0.4, -0.2) is 76.3 Å². The van der Waals surface area contributed by atoms with Crippen LogP contribution in [0.15, 0.2) is 0 Å². The Hall–Kier alpha value is -1.83. The largest absolute Gasteiger partial charge is 0.444 e. The molecule has 0 aromatic heterocycles. The predicted octanol–water partition coefficient (Wildman–Crippen LogP) is 1.64. The number of Topliss-reactive ketones (excluding diaryl/α,β-unsaturated/α-hetero) is 1. The molecule has 2 heterocycles. The Kier molecular flexibility index (Phi) is 4.56. The number of rotatable bonds is 0. The minimum Gasteiger partial charge on any atom is -0.444 e. The van der Waals surface area contributed by atoms with E-state index in [-0.39, 0.29) is 18.9 Å². The maximum absolute atomic E-state index is 12.4. The van der Waals surface area contributed by atoms with Gasteiger partial charge in [0.25, 0.3) is 0 Å². The quantitative estimate of drug-likeness (QED) is 0.666. The highest BCUT2D eigenvalue weighted by Gasteiger charge is 2.54. The molecule has 8 nitrogen and oxygen atoms in total. The van der Waals surface area contributed by atoms with Crippen LogP contribution in [0.25, 0.3) is 0 Å². The number of carbonyl (C=O) groups excluding carboxylic acids is 3. The molecule has 2 fully saturated rings. The Bertz CT molecular complexity index is 549. The van der Waals surface area contributed by atoms with Gasteiger partial charge < -0.3 is 9.47 Å². The third-order valence-corrected chi connectivity index (χ3v) is 3.80. The molecule has 2 saturated heterocycles. The van der Waals surface area contributed by atoms with Gasteiger partial charge in [0.2, 0.25) is 0 Å². The highest BCUT2D eigenvalue weighted by atomic mass is 16.6. The predicted molar refractivity (Wildman–Crippen MR) is 86.2 cm³/mol. The zero-order valence-corrected chi connectivity index (χ0v) is 15.5. The minimum absolute atomic E-state index is 0.00323. The molecule has 2 rings (SSSR count). The van der Waals surface area contributed by atoms with Gasteiger partial charge in [-0.05, 0) is 41.5 Å². The number of ketones is 1. The Labute approximate surface area is 142 Å². The normalized spacial score (nSPS) is 25.0. The summed E-state index contributed by atoms with van der Waals surface area (Å²) in [6, 6.07) is -0.977. The number of ether oxygens (including phenoxy) is 2. The average Bonchev–Trinajstić information content (AvgIpc) is 2.84. The van der Waals surface area contributed by atoms with Crippen LogP contribution in [0.1, 0.15) is 41.5 Å². The van der Waals surface area contributed by atoms with Crippen LogP contribution in [0.5, 0.6) is 0 Å². The monoisotopic (exact) mass is 341 g/mol. The van der Waals surface area contributed by atoms with Crippen LogP contribution in [-0.2, 0) is 14.3 Å². The Morgan fingerprint density at radius 2 is 1.50 bits per heavy atom. The molecule has 0 aromatic rings. The fraction of sp³-hybridized carbons (Fsp3) is 0.812. The lowest BCUT2D eigenvalue weighted by Crippen LogP contribution is -2.46. The molecule has 0 aromatic carbocycles. The molecule has 2 aliphatic rings. The van der Waals surface area contributed by atoms with E-state index in [9.17, 15) is 14.4 Å². The van der Waals surface area contributed by atoms with Gasteiger partial charge in [-0.1, -0.05) is 0 Å². The van der Waals surface area contributed by atoms with E-state index in [0.29, 0.717) is 0 Å². The summed E-state index contributed by atoms with van der Waals surface area (Å²) < 4.78 is 10.7. The number of hydrogen-bond donors (Lipinski definition) is 0. The molecule has 0 N–H and O–H groups in total. The lowest BCUT2D eigenvalue weighted by Gasteiger charge is -2.30. The van der Waals surface area contributed by atoms with Crippen LogP contribution in [0.2, 0.25) is 0 Å². The lowest BCUT2D eigenvalue weighted by molar-refractivity contribution is -0.123. The van der Waals surface area contributed by atoms with E-state index in [2.05, 4.69) is 0 Å². The molecule has 0 aliphatic carbocycles. The highest BCUT2D eigenvalue weighted by Crippen LogP contribution is 2.30. The van der Waals surface area contributed by atoms with E-state index >= 15 is 0 Å². The van der Waals surface area contributed by atoms with Gasteiger partial charge in [0.15, 0.2) is 5.78 Å². The molecule has 0 unspecified atom stereocenters. The van der Waals surface area contributed by atoms with Crippen molar-refractivity contribution in [2.24, 2.45) is 0 Å². The fourth-order valence-corrected chi connectivity index (χ4v) is 2.91. The van der Waals surface area contributed by atoms with E-state index in [1.807, 2.05) is 0 Å². The van der Waals surface area contributed by atoms with Crippen LogP contribution in [0, 0.1) is 0 Å². The molecule has 0 spiro atoms. The van der Waals surface area contributed by atoms with Crippen molar-refractivity contribution in [2.75, 3.05) is 20.1 Å². The molecule has 8 heteroatoms. The van der Waals surface area contributed by atoms with Gasteiger partial charge in [-0.2, -0.15) is 0 Å². The molecule has 2 atom stereocenters. The first kappa shape index (κ1) is 18.5. The van der Waals surface area contributed by atoms with E-state index < -0.39 is 35.5 Å². The number of fused-ring (bicyclic) bond motifs is 1. The van der Waals surface area contributed by atoms with Gasteiger partial charge in [0, 0.05) is 7.05 Å². The highest BCUT2D eigenvalue weighted by molar-refractivity contribution is 5.93. The Morgan fingerprint density at radius 1 is 1.00 bits per heavy atom. The Morgan fingerprint density at radius 3 is 2.00 bits per heavy atom. The number of hydrogen-bond acceptors (Lipinski definition) is 6. The van der Waals surface area contributed by atoms with Crippen molar-refractivity contribution < 1.29 is 23.9 Å². The van der Waals surface area contributed by atoms with E-state index in [0.717, 1.165) is 0 Å². The summed E-state index contributed by atoms with van der Waals surface area (Å²) in [7, 11) is 1.66. The summed E-state index contributed by atoms with van der Waals surface area (Å²) >= 11 is 0. The van der Waals surface area contributed by atoms with Crippen molar-refractivity contribution >= 4 is 18.0 Å². The second-order valence-electron chi connectivity index (χ2n) is 8.22. The molecule has 2 aliphatic heterocycles. The van der Waals surface area contributed by atoms with E-state index in [4.69, 9.17) is 9.47 Å². The van der Waals surface area contributed by atoms with Crippen molar-refractivity contribution in [1.29, 1.82) is 0 Å². The average molecular weight is 341 g/mol. The summed E-state index contributed by atoms with van der Waals surface area (Å²) in [5.74, 6) is -0.112. The van der Waals surface area contributed by atoms with Crippen molar-refractivity contribution in [1.82, 2.24) is 14.9 Å². The van der Waals surface area contributed by atoms with Crippen LogP contribution in [0.3, 0.4) is 0 Å². The molecule has 2 amide bonds. The summed E-state index contributed by atoms with van der Waals surface area (Å²) in [6.07, 6.45) is -1.07. The first-order chi connectivity index (χ1) is 10.8. The number of carbonyl (C=O) groups is 3. The number of nitrogens with zero attached hydrogens (tertiary/aromatic N) is 3. The minimum atomic E-state index is -0.645. The third kappa shape index (κ3) is 3.80. The van der Waals surface area contributed by atoms with Gasteiger partial charge >= 0.3 is 12.2 Å². The molecule has 0 radical (unpaired) electrons. The van der Waals surface area contributed by atoms with Crippen molar-refractivity contribution in [2.45, 2.75) is 64.8 Å². The third-order valence-electron chi connectivity index (χ3n) is 3.80. The lowest BCUT2D eigenvalue weighted by atomic mass is 10.1. The summed E-state index contributed by atoms with van der Waals surface area (Å²) in [6.45, 7) is 10.9. The van der Waals surface area contributed by atoms with Gasteiger partial charge in [-0.15, -0.1) is 0 Å². The summed E-state index contributed by atoms with van der Waals surface area (Å²) in [5.41, 5.74) is -1.28. The molecule has 0 bridgehead atoms. The van der Waals surface area contributed by atoms with E-state index in [1.165, 1.54) is 9.91 Å². The van der Waals surface area contributed by atoms with E-state index in [1.54, 1.807) is 53.6 Å². The number of amides is 2. The van der Waals surface area contributed by atoms with Gasteiger partial charge in [-0.3, -0.25) is 9.69 Å². The van der Waals surface area contributed by atoms with Gasteiger partial charge in [0.05, 0.1) is 19.1 Å². The molecular formula is C16H27N3O5. The Balaban J connectivity index is 2.14. The standard InChI is InChI=1S/C16H27N3O5/c1-15(2,3)23-13(21)18-9-11(20)12-10(18)8-19(17(12)7)14(22)24-16(4,5)6/h10,12H,8-9H2,1-7H3/t10-,12+/m0/s1. The number of likely N-dealkylation sites (tertiary alicyclic amines) is 1. The molecule has 136 valence electrons. The molecule has 0 saturated carbocycles. The van der Waals surface area contributed by atoms with Gasteiger partial charge in [0.1, 0.15) is 17.2 Å². The first-order valence-corrected chi connectivity index (χ1v) is 8.06. The summed E-state index contributed by atoms with van der Waals surface area (Å²) in [5, 5.41) is 2.93. The smallest absolute Gasteiger partial charge is 0.425 e. The van der Waals surface area contributed by atoms with Crippen LogP contribution in [0.4, 0.5) is 9.59 Å². The van der Waals surface area contributed by atoms with Crippen molar-refractivity contribution in [3.8, 4) is 0 Å². The fourth-order valence-electron chi connectivity index (χ4n) is 2.91. The van der Waals surface area contributed by atoms with Crippen molar-refractivity contribution in [3.05, 3.63) is 0 Å². The SMILES string of the molecule is CN1[C@H]2C(=O)CN(C(=O)OC(C)(C)C)[C@H]2CN1C(=O)OC(C)(C)C. The second kappa shape index (κ2) is 5.91. The van der Waals surface area contributed by atoms with Crippen LogP contribution >= 0.6 is 0 Å². The first-order valence-electron chi connectivity index (χ1n) is 8.06. The second-order valence-corrected chi connectivity index (χ2v) is 8.22. The topological polar surface area (TPSA) is 79.4 Å². The molecule has 24 heavy (non-hydrogen) atoms. The maximum Gasteiger partial charge on any atom is 0.425 e. The van der Waals surface area contributed by atoms with Crippen molar-refractivity contribution in [3.63, 3.8) is 0 Å². The van der Waals surface area contributed by atoms with Gasteiger partial charge in [-0.25, -0.2) is 19.6 Å². The zero-order chi connectivity index (χ0) is 18.4. The zero-order valence-electron chi connectivity index (χ0n) is 15.5. The summed E-state index contributed by atoms with van der Waals surface area (Å²) in [4.78, 5) is 38.4. The maximum atomic E-state index is 12.4. The molecular weight excluding hydrogens is 314 g/mol. The number of likely N-dealkylation sites (N-methyl/N-ethyl adjacent to an activating group) is 1. The van der Waals surface area contributed by atoms with Crippen LogP contribution < -0.4 is 0 Å².